The number of ether oxygens (including phenoxy) is 2. The van der Waals surface area contributed by atoms with Gasteiger partial charge in [0.05, 0.1) is 30.8 Å². The highest BCUT2D eigenvalue weighted by Gasteiger charge is 2.37. The average molecular weight is 389 g/mol. The molecular formula is C21H40O6. The molecule has 27 heavy (non-hydrogen) atoms. The number of rotatable bonds is 12. The minimum absolute atomic E-state index is 0.00982. The smallest absolute Gasteiger partial charge is 0.311 e. The van der Waals surface area contributed by atoms with Crippen molar-refractivity contribution in [2.45, 2.75) is 79.1 Å². The second-order valence-corrected chi connectivity index (χ2v) is 8.67. The minimum atomic E-state index is -0.861. The van der Waals surface area contributed by atoms with Crippen LogP contribution in [0.4, 0.5) is 0 Å². The van der Waals surface area contributed by atoms with Crippen molar-refractivity contribution in [3.05, 3.63) is 0 Å². The summed E-state index contributed by atoms with van der Waals surface area (Å²) in [6.07, 6.45) is -0.568. The summed E-state index contributed by atoms with van der Waals surface area (Å²) in [5.74, 6) is -2.01. The minimum Gasteiger partial charge on any atom is -0.469 e. The van der Waals surface area contributed by atoms with E-state index in [4.69, 9.17) is 9.47 Å². The van der Waals surface area contributed by atoms with Gasteiger partial charge in [-0.3, -0.25) is 9.59 Å². The molecule has 0 aliphatic rings. The maximum absolute atomic E-state index is 12.7. The third-order valence-electron chi connectivity index (χ3n) is 5.78. The van der Waals surface area contributed by atoms with Crippen molar-refractivity contribution in [3.8, 4) is 0 Å². The van der Waals surface area contributed by atoms with E-state index >= 15 is 0 Å². The van der Waals surface area contributed by atoms with Crippen LogP contribution >= 0.6 is 0 Å². The molecule has 0 aliphatic heterocycles. The van der Waals surface area contributed by atoms with Crippen LogP contribution < -0.4 is 0 Å². The summed E-state index contributed by atoms with van der Waals surface area (Å²) in [4.78, 5) is 24.4. The molecule has 0 radical (unpaired) electrons. The highest BCUT2D eigenvalue weighted by Crippen LogP contribution is 2.32. The van der Waals surface area contributed by atoms with Gasteiger partial charge in [-0.15, -0.1) is 0 Å². The number of Topliss-reactive ketones (excluding diaryl/α,β-unsaturated/α-hetero) is 1. The summed E-state index contributed by atoms with van der Waals surface area (Å²) >= 11 is 0. The average Bonchev–Trinajstić information content (AvgIpc) is 2.63. The summed E-state index contributed by atoms with van der Waals surface area (Å²) in [7, 11) is 2.89. The molecule has 0 aliphatic carbocycles. The SMILES string of the molecule is COC(=O)[C@H](C)[C@@H](O)[C@H](C)C[C@@](C)(C[C@@H](C)C(=O)[C@H](C)C(O)C(C)C)OC. The van der Waals surface area contributed by atoms with Gasteiger partial charge in [0.25, 0.3) is 0 Å². The molecule has 7 atom stereocenters. The van der Waals surface area contributed by atoms with Crippen molar-refractivity contribution < 1.29 is 29.3 Å². The van der Waals surface area contributed by atoms with E-state index < -0.39 is 35.6 Å². The van der Waals surface area contributed by atoms with Crippen molar-refractivity contribution in [1.29, 1.82) is 0 Å². The fraction of sp³-hybridized carbons (Fsp3) is 0.905. The van der Waals surface area contributed by atoms with E-state index in [2.05, 4.69) is 0 Å². The Morgan fingerprint density at radius 3 is 1.81 bits per heavy atom. The number of esters is 1. The van der Waals surface area contributed by atoms with Gasteiger partial charge in [-0.1, -0.05) is 34.6 Å². The third-order valence-corrected chi connectivity index (χ3v) is 5.78. The van der Waals surface area contributed by atoms with Gasteiger partial charge in [-0.05, 0) is 38.5 Å². The molecular weight excluding hydrogens is 348 g/mol. The van der Waals surface area contributed by atoms with E-state index in [9.17, 15) is 19.8 Å². The standard InChI is InChI=1S/C21H40O6/c1-12(2)17(22)15(5)18(23)13(3)10-21(7,27-9)11-14(4)19(24)16(6)20(25)26-8/h12-17,19,22,24H,10-11H2,1-9H3/t13-,14-,15-,16-,17?,19+,21-/m1/s1. The normalized spacial score (nSPS) is 20.9. The lowest BCUT2D eigenvalue weighted by molar-refractivity contribution is -0.150. The van der Waals surface area contributed by atoms with E-state index in [0.717, 1.165) is 0 Å². The molecule has 0 aromatic rings. The molecule has 2 N–H and O–H groups in total. The lowest BCUT2D eigenvalue weighted by Crippen LogP contribution is -2.41. The first kappa shape index (κ1) is 26.0. The van der Waals surface area contributed by atoms with E-state index in [1.165, 1.54) is 7.11 Å². The molecule has 1 unspecified atom stereocenters. The summed E-state index contributed by atoms with van der Waals surface area (Å²) in [6, 6.07) is 0. The van der Waals surface area contributed by atoms with Crippen molar-refractivity contribution in [2.24, 2.45) is 29.6 Å². The molecule has 0 saturated carbocycles. The molecule has 0 aromatic heterocycles. The zero-order valence-corrected chi connectivity index (χ0v) is 18.5. The second-order valence-electron chi connectivity index (χ2n) is 8.67. The predicted octanol–water partition coefficient (Wildman–Crippen LogP) is 2.84. The van der Waals surface area contributed by atoms with Crippen LogP contribution in [0.2, 0.25) is 0 Å². The zero-order valence-electron chi connectivity index (χ0n) is 18.5. The number of carbonyl (C=O) groups excluding carboxylic acids is 2. The molecule has 6 heteroatoms. The Kier molecular flexibility index (Phi) is 10.7. The second kappa shape index (κ2) is 11.1. The molecule has 0 heterocycles. The monoisotopic (exact) mass is 388 g/mol. The number of methoxy groups -OCH3 is 2. The van der Waals surface area contributed by atoms with Crippen LogP contribution in [0.1, 0.15) is 61.3 Å². The Bertz CT molecular complexity index is 477. The van der Waals surface area contributed by atoms with Gasteiger partial charge in [-0.25, -0.2) is 0 Å². The number of hydrogen-bond donors (Lipinski definition) is 2. The Labute approximate surface area is 164 Å². The first-order chi connectivity index (χ1) is 12.3. The van der Waals surface area contributed by atoms with Crippen LogP contribution in [-0.2, 0) is 19.1 Å². The Balaban J connectivity index is 5.06. The quantitative estimate of drug-likeness (QED) is 0.499. The van der Waals surface area contributed by atoms with Gasteiger partial charge in [0, 0.05) is 18.9 Å². The van der Waals surface area contributed by atoms with Crippen molar-refractivity contribution >= 4 is 11.8 Å². The Morgan fingerprint density at radius 2 is 1.41 bits per heavy atom. The van der Waals surface area contributed by atoms with Crippen molar-refractivity contribution in [1.82, 2.24) is 0 Å². The van der Waals surface area contributed by atoms with Gasteiger partial charge in [0.1, 0.15) is 5.78 Å². The topological polar surface area (TPSA) is 93.1 Å². The molecule has 160 valence electrons. The maximum Gasteiger partial charge on any atom is 0.311 e. The van der Waals surface area contributed by atoms with Crippen molar-refractivity contribution in [2.75, 3.05) is 14.2 Å². The van der Waals surface area contributed by atoms with Gasteiger partial charge >= 0.3 is 5.97 Å². The van der Waals surface area contributed by atoms with E-state index in [1.807, 2.05) is 34.6 Å². The highest BCUT2D eigenvalue weighted by molar-refractivity contribution is 5.83. The fourth-order valence-electron chi connectivity index (χ4n) is 3.81. The maximum atomic E-state index is 12.7. The molecule has 0 spiro atoms. The van der Waals surface area contributed by atoms with Crippen LogP contribution in [0.5, 0.6) is 0 Å². The summed E-state index contributed by atoms with van der Waals surface area (Å²) in [5, 5.41) is 20.7. The largest absolute Gasteiger partial charge is 0.469 e. The fourth-order valence-corrected chi connectivity index (χ4v) is 3.81. The Hall–Kier alpha value is -0.980. The lowest BCUT2D eigenvalue weighted by Gasteiger charge is -2.36. The van der Waals surface area contributed by atoms with Gasteiger partial charge in [-0.2, -0.15) is 0 Å². The lowest BCUT2D eigenvalue weighted by atomic mass is 9.77. The van der Waals surface area contributed by atoms with E-state index in [0.29, 0.717) is 12.8 Å². The van der Waals surface area contributed by atoms with Crippen molar-refractivity contribution in [3.63, 3.8) is 0 Å². The molecule has 0 saturated heterocycles. The molecule has 0 aromatic carbocycles. The van der Waals surface area contributed by atoms with Gasteiger partial charge in [0.15, 0.2) is 0 Å². The first-order valence-corrected chi connectivity index (χ1v) is 9.84. The number of aliphatic hydroxyl groups is 2. The summed E-state index contributed by atoms with van der Waals surface area (Å²) < 4.78 is 10.4. The first-order valence-electron chi connectivity index (χ1n) is 9.84. The number of ketones is 1. The number of hydrogen-bond acceptors (Lipinski definition) is 6. The van der Waals surface area contributed by atoms with Crippen LogP contribution in [0.15, 0.2) is 0 Å². The Morgan fingerprint density at radius 1 is 0.889 bits per heavy atom. The molecule has 0 rings (SSSR count). The van der Waals surface area contributed by atoms with Gasteiger partial charge < -0.3 is 19.7 Å². The number of aliphatic hydroxyl groups excluding tert-OH is 2. The van der Waals surface area contributed by atoms with Crippen LogP contribution in [-0.4, -0.2) is 54.0 Å². The van der Waals surface area contributed by atoms with E-state index in [-0.39, 0.29) is 23.5 Å². The summed E-state index contributed by atoms with van der Waals surface area (Å²) in [6.45, 7) is 12.8. The van der Waals surface area contributed by atoms with Crippen LogP contribution in [0, 0.1) is 29.6 Å². The molecule has 6 nitrogen and oxygen atoms in total. The predicted molar refractivity (Wildman–Crippen MR) is 105 cm³/mol. The third kappa shape index (κ3) is 7.51. The van der Waals surface area contributed by atoms with Gasteiger partial charge in [0.2, 0.25) is 0 Å². The van der Waals surface area contributed by atoms with E-state index in [1.54, 1.807) is 21.0 Å². The number of carbonyl (C=O) groups is 2. The zero-order chi connectivity index (χ0) is 21.5. The van der Waals surface area contributed by atoms with Crippen LogP contribution in [0.3, 0.4) is 0 Å². The molecule has 0 amide bonds. The highest BCUT2D eigenvalue weighted by atomic mass is 16.5. The summed E-state index contributed by atoms with van der Waals surface area (Å²) in [5.41, 5.74) is -0.631. The molecule has 0 bridgehead atoms. The molecule has 0 fully saturated rings. The van der Waals surface area contributed by atoms with Crippen LogP contribution in [0.25, 0.3) is 0 Å².